The van der Waals surface area contributed by atoms with Gasteiger partial charge in [0.2, 0.25) is 0 Å². The van der Waals surface area contributed by atoms with Crippen LogP contribution < -0.4 is 5.32 Å². The van der Waals surface area contributed by atoms with Gasteiger partial charge in [-0.05, 0) is 19.4 Å². The molecule has 0 unspecified atom stereocenters. The first-order chi connectivity index (χ1) is 7.25. The topological polar surface area (TPSA) is 62.2 Å². The van der Waals surface area contributed by atoms with Crippen molar-refractivity contribution < 1.29 is 9.90 Å². The molecule has 1 heterocycles. The first-order valence-corrected chi connectivity index (χ1v) is 4.78. The molecule has 15 heavy (non-hydrogen) atoms. The average molecular weight is 206 g/mol. The van der Waals surface area contributed by atoms with Gasteiger partial charge in [-0.3, -0.25) is 9.78 Å². The van der Waals surface area contributed by atoms with E-state index in [1.54, 1.807) is 0 Å². The van der Waals surface area contributed by atoms with Gasteiger partial charge in [-0.15, -0.1) is 0 Å². The molecule has 0 atom stereocenters. The van der Waals surface area contributed by atoms with E-state index < -0.39 is 0 Å². The molecular formula is C11H14N2O2. The lowest BCUT2D eigenvalue weighted by atomic mass is 10.2. The van der Waals surface area contributed by atoms with Gasteiger partial charge in [-0.1, -0.05) is 12.2 Å². The summed E-state index contributed by atoms with van der Waals surface area (Å²) in [6, 6.07) is 1.49. The Labute approximate surface area is 88.7 Å². The summed E-state index contributed by atoms with van der Waals surface area (Å²) in [5.74, 6) is -0.375. The van der Waals surface area contributed by atoms with Crippen LogP contribution in [0.3, 0.4) is 0 Å². The molecule has 0 saturated heterocycles. The van der Waals surface area contributed by atoms with Crippen LogP contribution in [0, 0.1) is 0 Å². The van der Waals surface area contributed by atoms with Crippen LogP contribution in [0.5, 0.6) is 5.75 Å². The molecule has 0 saturated carbocycles. The maximum absolute atomic E-state index is 11.5. The summed E-state index contributed by atoms with van der Waals surface area (Å²) in [6.07, 6.45) is 7.40. The minimum Gasteiger partial charge on any atom is -0.505 e. The average Bonchev–Trinajstić information content (AvgIpc) is 2.25. The molecular weight excluding hydrogens is 192 g/mol. The first kappa shape index (κ1) is 11.2. The summed E-state index contributed by atoms with van der Waals surface area (Å²) in [4.78, 5) is 15.2. The van der Waals surface area contributed by atoms with E-state index >= 15 is 0 Å². The number of nitrogens with one attached hydrogen (secondary N) is 1. The SMILES string of the molecule is C/C=C/CCNC(=O)c1ccncc1O. The van der Waals surface area contributed by atoms with Crippen LogP contribution in [0.1, 0.15) is 23.7 Å². The standard InChI is InChI=1S/C11H14N2O2/c1-2-3-4-6-13-11(15)9-5-7-12-8-10(9)14/h2-3,5,7-8,14H,4,6H2,1H3,(H,13,15)/b3-2+. The van der Waals surface area contributed by atoms with Crippen LogP contribution in [-0.4, -0.2) is 22.5 Å². The van der Waals surface area contributed by atoms with Crippen molar-refractivity contribution in [1.29, 1.82) is 0 Å². The summed E-state index contributed by atoms with van der Waals surface area (Å²) in [5.41, 5.74) is 0.255. The van der Waals surface area contributed by atoms with E-state index in [2.05, 4.69) is 10.3 Å². The Morgan fingerprint density at radius 1 is 1.67 bits per heavy atom. The molecule has 0 fully saturated rings. The fourth-order valence-corrected chi connectivity index (χ4v) is 1.11. The fourth-order valence-electron chi connectivity index (χ4n) is 1.11. The lowest BCUT2D eigenvalue weighted by Gasteiger charge is -2.04. The van der Waals surface area contributed by atoms with Crippen molar-refractivity contribution in [3.63, 3.8) is 0 Å². The summed E-state index contributed by atoms with van der Waals surface area (Å²) >= 11 is 0. The summed E-state index contributed by atoms with van der Waals surface area (Å²) in [6.45, 7) is 2.49. The van der Waals surface area contributed by atoms with Gasteiger partial charge in [-0.25, -0.2) is 0 Å². The van der Waals surface area contributed by atoms with Gasteiger partial charge in [0.15, 0.2) is 0 Å². The Morgan fingerprint density at radius 2 is 2.47 bits per heavy atom. The molecule has 1 rings (SSSR count). The van der Waals surface area contributed by atoms with Gasteiger partial charge in [0.1, 0.15) is 5.75 Å². The highest BCUT2D eigenvalue weighted by Gasteiger charge is 2.08. The second-order valence-electron chi connectivity index (χ2n) is 3.01. The Hall–Kier alpha value is -1.84. The molecule has 1 amide bonds. The Morgan fingerprint density at radius 3 is 3.13 bits per heavy atom. The molecule has 0 spiro atoms. The molecule has 0 aliphatic carbocycles. The van der Waals surface area contributed by atoms with E-state index in [9.17, 15) is 9.90 Å². The van der Waals surface area contributed by atoms with E-state index in [-0.39, 0.29) is 17.2 Å². The van der Waals surface area contributed by atoms with Crippen molar-refractivity contribution >= 4 is 5.91 Å². The number of pyridine rings is 1. The molecule has 1 aromatic rings. The lowest BCUT2D eigenvalue weighted by molar-refractivity contribution is 0.0951. The van der Waals surface area contributed by atoms with Gasteiger partial charge < -0.3 is 10.4 Å². The number of allylic oxidation sites excluding steroid dienone is 1. The van der Waals surface area contributed by atoms with Crippen LogP contribution >= 0.6 is 0 Å². The Bertz CT molecular complexity index is 361. The van der Waals surface area contributed by atoms with Gasteiger partial charge in [-0.2, -0.15) is 0 Å². The highest BCUT2D eigenvalue weighted by Crippen LogP contribution is 2.12. The van der Waals surface area contributed by atoms with Gasteiger partial charge in [0, 0.05) is 12.7 Å². The molecule has 0 aromatic carbocycles. The number of aromatic nitrogens is 1. The van der Waals surface area contributed by atoms with E-state index in [0.29, 0.717) is 6.54 Å². The summed E-state index contributed by atoms with van der Waals surface area (Å²) in [5, 5.41) is 12.0. The molecule has 0 aliphatic heterocycles. The van der Waals surface area contributed by atoms with Crippen LogP contribution in [0.2, 0.25) is 0 Å². The second kappa shape index (κ2) is 5.80. The second-order valence-corrected chi connectivity index (χ2v) is 3.01. The monoisotopic (exact) mass is 206 g/mol. The fraction of sp³-hybridized carbons (Fsp3) is 0.273. The number of rotatable bonds is 4. The van der Waals surface area contributed by atoms with Crippen LogP contribution in [-0.2, 0) is 0 Å². The molecule has 0 radical (unpaired) electrons. The minimum atomic E-state index is -0.278. The molecule has 2 N–H and O–H groups in total. The van der Waals surface area contributed by atoms with Crippen molar-refractivity contribution in [1.82, 2.24) is 10.3 Å². The smallest absolute Gasteiger partial charge is 0.255 e. The van der Waals surface area contributed by atoms with Crippen molar-refractivity contribution in [2.45, 2.75) is 13.3 Å². The third-order valence-corrected chi connectivity index (χ3v) is 1.88. The van der Waals surface area contributed by atoms with Gasteiger partial charge in [0.25, 0.3) is 5.91 Å². The van der Waals surface area contributed by atoms with Crippen LogP contribution in [0.4, 0.5) is 0 Å². The zero-order valence-electron chi connectivity index (χ0n) is 8.60. The third kappa shape index (κ3) is 3.42. The zero-order valence-corrected chi connectivity index (χ0v) is 8.60. The highest BCUT2D eigenvalue weighted by atomic mass is 16.3. The number of hydrogen-bond acceptors (Lipinski definition) is 3. The van der Waals surface area contributed by atoms with Crippen molar-refractivity contribution in [2.24, 2.45) is 0 Å². The highest BCUT2D eigenvalue weighted by molar-refractivity contribution is 5.96. The van der Waals surface area contributed by atoms with Crippen LogP contribution in [0.25, 0.3) is 0 Å². The molecule has 4 heteroatoms. The molecule has 0 aliphatic rings. The minimum absolute atomic E-state index is 0.0963. The molecule has 0 bridgehead atoms. The normalized spacial score (nSPS) is 10.5. The molecule has 1 aromatic heterocycles. The largest absolute Gasteiger partial charge is 0.505 e. The number of carbonyl (C=O) groups excluding carboxylic acids is 1. The maximum Gasteiger partial charge on any atom is 0.255 e. The Balaban J connectivity index is 2.51. The van der Waals surface area contributed by atoms with Gasteiger partial charge in [0.05, 0.1) is 11.8 Å². The lowest BCUT2D eigenvalue weighted by Crippen LogP contribution is -2.24. The number of hydrogen-bond donors (Lipinski definition) is 2. The van der Waals surface area contributed by atoms with Gasteiger partial charge >= 0.3 is 0 Å². The summed E-state index contributed by atoms with van der Waals surface area (Å²) in [7, 11) is 0. The van der Waals surface area contributed by atoms with E-state index in [1.807, 2.05) is 19.1 Å². The van der Waals surface area contributed by atoms with Crippen molar-refractivity contribution in [3.05, 3.63) is 36.2 Å². The van der Waals surface area contributed by atoms with E-state index in [0.717, 1.165) is 6.42 Å². The van der Waals surface area contributed by atoms with E-state index in [4.69, 9.17) is 0 Å². The number of nitrogens with zero attached hydrogens (tertiary/aromatic N) is 1. The molecule has 80 valence electrons. The first-order valence-electron chi connectivity index (χ1n) is 4.78. The number of amides is 1. The number of carbonyl (C=O) groups is 1. The third-order valence-electron chi connectivity index (χ3n) is 1.88. The zero-order chi connectivity index (χ0) is 11.1. The van der Waals surface area contributed by atoms with Crippen LogP contribution in [0.15, 0.2) is 30.6 Å². The van der Waals surface area contributed by atoms with Crippen molar-refractivity contribution in [2.75, 3.05) is 6.54 Å². The van der Waals surface area contributed by atoms with Crippen molar-refractivity contribution in [3.8, 4) is 5.75 Å². The summed E-state index contributed by atoms with van der Waals surface area (Å²) < 4.78 is 0. The number of aromatic hydroxyl groups is 1. The predicted octanol–water partition coefficient (Wildman–Crippen LogP) is 1.48. The predicted molar refractivity (Wildman–Crippen MR) is 57.7 cm³/mol. The van der Waals surface area contributed by atoms with E-state index in [1.165, 1.54) is 18.5 Å². The Kier molecular flexibility index (Phi) is 4.34. The molecule has 4 nitrogen and oxygen atoms in total. The maximum atomic E-state index is 11.5. The quantitative estimate of drug-likeness (QED) is 0.579.